The van der Waals surface area contributed by atoms with Crippen molar-refractivity contribution in [2.24, 2.45) is 0 Å². The molecular weight excluding hydrogens is 304 g/mol. The van der Waals surface area contributed by atoms with Crippen LogP contribution in [0.1, 0.15) is 62.5 Å². The Bertz CT molecular complexity index is 607. The molecule has 3 rings (SSSR count). The minimum absolute atomic E-state index is 0.00425. The highest BCUT2D eigenvalue weighted by molar-refractivity contribution is 7.99. The first-order valence-electron chi connectivity index (χ1n) is 7.51. The molecule has 3 heterocycles. The quantitative estimate of drug-likeness (QED) is 0.774. The number of rotatable bonds is 5. The van der Waals surface area contributed by atoms with E-state index in [2.05, 4.69) is 25.7 Å². The van der Waals surface area contributed by atoms with Crippen molar-refractivity contribution in [1.29, 1.82) is 0 Å². The summed E-state index contributed by atoms with van der Waals surface area (Å²) in [6.07, 6.45) is 1.87. The normalized spacial score (nSPS) is 18.0. The molecule has 1 fully saturated rings. The Morgan fingerprint density at radius 2 is 2.00 bits per heavy atom. The maximum absolute atomic E-state index is 5.39. The summed E-state index contributed by atoms with van der Waals surface area (Å²) in [6.45, 7) is 7.61. The number of tetrazole rings is 1. The van der Waals surface area contributed by atoms with Crippen molar-refractivity contribution < 1.29 is 9.26 Å². The van der Waals surface area contributed by atoms with Gasteiger partial charge in [-0.05, 0) is 30.2 Å². The molecule has 0 amide bonds. The first-order chi connectivity index (χ1) is 10.6. The fourth-order valence-corrected chi connectivity index (χ4v) is 3.17. The standard InChI is InChI=1S/C13H20N6O2S/c1-8(2)11-14-12(21-16-11)9(3)22-13-15-17-18-19(13)10-4-6-20-7-5-10/h8-10H,4-7H2,1-3H3/t9-/m1/s1. The molecule has 1 atom stereocenters. The van der Waals surface area contributed by atoms with Gasteiger partial charge in [0.25, 0.3) is 0 Å². The average molecular weight is 324 g/mol. The van der Waals surface area contributed by atoms with Crippen molar-refractivity contribution in [3.63, 3.8) is 0 Å². The first-order valence-corrected chi connectivity index (χ1v) is 8.39. The van der Waals surface area contributed by atoms with Gasteiger partial charge >= 0.3 is 0 Å². The van der Waals surface area contributed by atoms with Gasteiger partial charge in [0, 0.05) is 19.1 Å². The molecule has 2 aromatic heterocycles. The van der Waals surface area contributed by atoms with E-state index in [1.165, 1.54) is 11.8 Å². The Kier molecular flexibility index (Phi) is 4.72. The summed E-state index contributed by atoms with van der Waals surface area (Å²) in [6, 6.07) is 0.298. The second-order valence-electron chi connectivity index (χ2n) is 5.66. The summed E-state index contributed by atoms with van der Waals surface area (Å²) < 4.78 is 12.6. The van der Waals surface area contributed by atoms with E-state index in [1.54, 1.807) is 0 Å². The summed E-state index contributed by atoms with van der Waals surface area (Å²) in [4.78, 5) is 4.44. The van der Waals surface area contributed by atoms with E-state index in [4.69, 9.17) is 9.26 Å². The van der Waals surface area contributed by atoms with Crippen LogP contribution in [-0.4, -0.2) is 43.6 Å². The Hall–Kier alpha value is -1.48. The Balaban J connectivity index is 1.71. The lowest BCUT2D eigenvalue weighted by molar-refractivity contribution is 0.0631. The number of thioether (sulfide) groups is 1. The van der Waals surface area contributed by atoms with E-state index in [-0.39, 0.29) is 11.2 Å². The zero-order chi connectivity index (χ0) is 15.5. The van der Waals surface area contributed by atoms with Crippen molar-refractivity contribution in [3.8, 4) is 0 Å². The largest absolute Gasteiger partial charge is 0.381 e. The van der Waals surface area contributed by atoms with Crippen LogP contribution in [0.15, 0.2) is 9.68 Å². The van der Waals surface area contributed by atoms with Crippen molar-refractivity contribution in [1.82, 2.24) is 30.3 Å². The Labute approximate surface area is 133 Å². The van der Waals surface area contributed by atoms with Gasteiger partial charge in [-0.2, -0.15) is 4.98 Å². The smallest absolute Gasteiger partial charge is 0.239 e. The molecule has 0 unspecified atom stereocenters. The predicted octanol–water partition coefficient (Wildman–Crippen LogP) is 2.38. The molecule has 0 saturated carbocycles. The van der Waals surface area contributed by atoms with Crippen LogP contribution < -0.4 is 0 Å². The maximum atomic E-state index is 5.39. The molecule has 1 saturated heterocycles. The molecule has 0 N–H and O–H groups in total. The number of ether oxygens (including phenoxy) is 1. The predicted molar refractivity (Wildman–Crippen MR) is 79.6 cm³/mol. The zero-order valence-electron chi connectivity index (χ0n) is 13.0. The van der Waals surface area contributed by atoms with E-state index in [1.807, 2.05) is 25.5 Å². The monoisotopic (exact) mass is 324 g/mol. The average Bonchev–Trinajstić information content (AvgIpc) is 3.17. The molecule has 0 aliphatic carbocycles. The van der Waals surface area contributed by atoms with Crippen LogP contribution in [0.2, 0.25) is 0 Å². The number of hydrogen-bond acceptors (Lipinski definition) is 8. The molecule has 0 aromatic carbocycles. The Morgan fingerprint density at radius 1 is 1.23 bits per heavy atom. The van der Waals surface area contributed by atoms with E-state index in [9.17, 15) is 0 Å². The topological polar surface area (TPSA) is 91.8 Å². The van der Waals surface area contributed by atoms with Crippen LogP contribution >= 0.6 is 11.8 Å². The minimum atomic E-state index is 0.00425. The fraction of sp³-hybridized carbons (Fsp3) is 0.769. The molecule has 0 bridgehead atoms. The summed E-state index contributed by atoms with van der Waals surface area (Å²) in [5, 5.41) is 16.9. The van der Waals surface area contributed by atoms with Gasteiger partial charge in [0.2, 0.25) is 11.0 Å². The molecule has 9 heteroatoms. The van der Waals surface area contributed by atoms with Gasteiger partial charge in [0.15, 0.2) is 5.82 Å². The summed E-state index contributed by atoms with van der Waals surface area (Å²) in [5.41, 5.74) is 0. The third-order valence-electron chi connectivity index (χ3n) is 3.60. The lowest BCUT2D eigenvalue weighted by atomic mass is 10.1. The van der Waals surface area contributed by atoms with Crippen molar-refractivity contribution in [2.45, 2.75) is 56.0 Å². The van der Waals surface area contributed by atoms with Crippen LogP contribution in [-0.2, 0) is 4.74 Å². The van der Waals surface area contributed by atoms with Crippen molar-refractivity contribution in [2.75, 3.05) is 13.2 Å². The van der Waals surface area contributed by atoms with Gasteiger partial charge in [0.1, 0.15) is 0 Å². The zero-order valence-corrected chi connectivity index (χ0v) is 13.8. The minimum Gasteiger partial charge on any atom is -0.381 e. The summed E-state index contributed by atoms with van der Waals surface area (Å²) >= 11 is 1.54. The third kappa shape index (κ3) is 3.30. The molecular formula is C13H20N6O2S. The first kappa shape index (κ1) is 15.4. The van der Waals surface area contributed by atoms with Gasteiger partial charge in [-0.15, -0.1) is 5.10 Å². The molecule has 22 heavy (non-hydrogen) atoms. The summed E-state index contributed by atoms with van der Waals surface area (Å²) in [5.74, 6) is 1.59. The molecule has 0 spiro atoms. The van der Waals surface area contributed by atoms with E-state index in [0.717, 1.165) is 37.0 Å². The van der Waals surface area contributed by atoms with Crippen LogP contribution in [0.3, 0.4) is 0 Å². The van der Waals surface area contributed by atoms with Gasteiger partial charge in [0.05, 0.1) is 11.3 Å². The summed E-state index contributed by atoms with van der Waals surface area (Å²) in [7, 11) is 0. The third-order valence-corrected chi connectivity index (χ3v) is 4.64. The Morgan fingerprint density at radius 3 is 2.68 bits per heavy atom. The van der Waals surface area contributed by atoms with Gasteiger partial charge in [-0.1, -0.05) is 30.8 Å². The molecule has 2 aromatic rings. The van der Waals surface area contributed by atoms with Crippen LogP contribution in [0.4, 0.5) is 0 Å². The lowest BCUT2D eigenvalue weighted by Crippen LogP contribution is -2.21. The lowest BCUT2D eigenvalue weighted by Gasteiger charge is -2.22. The van der Waals surface area contributed by atoms with Crippen LogP contribution in [0, 0.1) is 0 Å². The van der Waals surface area contributed by atoms with Gasteiger partial charge in [-0.3, -0.25) is 0 Å². The molecule has 120 valence electrons. The van der Waals surface area contributed by atoms with Gasteiger partial charge in [-0.25, -0.2) is 4.68 Å². The number of aromatic nitrogens is 6. The van der Waals surface area contributed by atoms with E-state index >= 15 is 0 Å². The SMILES string of the molecule is CC(C)c1noc([C@@H](C)Sc2nnnn2C2CCOCC2)n1. The van der Waals surface area contributed by atoms with Crippen LogP contribution in [0.5, 0.6) is 0 Å². The second kappa shape index (κ2) is 6.74. The molecule has 0 radical (unpaired) electrons. The second-order valence-corrected chi connectivity index (χ2v) is 6.96. The van der Waals surface area contributed by atoms with Crippen molar-refractivity contribution in [3.05, 3.63) is 11.7 Å². The molecule has 8 nitrogen and oxygen atoms in total. The van der Waals surface area contributed by atoms with E-state index in [0.29, 0.717) is 11.9 Å². The highest BCUT2D eigenvalue weighted by Gasteiger charge is 2.24. The number of hydrogen-bond donors (Lipinski definition) is 0. The highest BCUT2D eigenvalue weighted by atomic mass is 32.2. The highest BCUT2D eigenvalue weighted by Crippen LogP contribution is 2.34. The maximum Gasteiger partial charge on any atom is 0.239 e. The molecule has 1 aliphatic heterocycles. The van der Waals surface area contributed by atoms with E-state index < -0.39 is 0 Å². The van der Waals surface area contributed by atoms with Gasteiger partial charge < -0.3 is 9.26 Å². The molecule has 1 aliphatic rings. The van der Waals surface area contributed by atoms with Crippen LogP contribution in [0.25, 0.3) is 0 Å². The number of nitrogens with zero attached hydrogens (tertiary/aromatic N) is 6. The fourth-order valence-electron chi connectivity index (χ4n) is 2.28. The van der Waals surface area contributed by atoms with Crippen molar-refractivity contribution >= 4 is 11.8 Å².